The van der Waals surface area contributed by atoms with Crippen molar-refractivity contribution in [2.24, 2.45) is 0 Å². The maximum atomic E-state index is 11.9. The quantitative estimate of drug-likeness (QED) is 0.746. The highest BCUT2D eigenvalue weighted by molar-refractivity contribution is 5.83. The van der Waals surface area contributed by atoms with Crippen molar-refractivity contribution in [2.45, 2.75) is 31.9 Å². The molecule has 2 saturated heterocycles. The van der Waals surface area contributed by atoms with Crippen LogP contribution >= 0.6 is 0 Å². The molecule has 1 atom stereocenters. The summed E-state index contributed by atoms with van der Waals surface area (Å²) < 4.78 is 0. The van der Waals surface area contributed by atoms with Crippen molar-refractivity contribution in [1.82, 2.24) is 14.7 Å². The number of nitrogens with zero attached hydrogens (tertiary/aromatic N) is 3. The minimum atomic E-state index is -0.633. The summed E-state index contributed by atoms with van der Waals surface area (Å²) in [5.41, 5.74) is -0.633. The molecule has 0 saturated carbocycles. The van der Waals surface area contributed by atoms with Gasteiger partial charge in [-0.1, -0.05) is 0 Å². The van der Waals surface area contributed by atoms with Crippen molar-refractivity contribution in [3.8, 4) is 0 Å². The molecule has 0 bridgehead atoms. The summed E-state index contributed by atoms with van der Waals surface area (Å²) in [6, 6.07) is 0.0966. The molecule has 5 nitrogen and oxygen atoms in total. The van der Waals surface area contributed by atoms with Crippen LogP contribution in [0.5, 0.6) is 0 Å². The van der Waals surface area contributed by atoms with E-state index in [0.29, 0.717) is 6.54 Å². The molecule has 1 N–H and O–H groups in total. The molecule has 0 radical (unpaired) electrons. The fraction of sp³-hybridized carbons (Fsp3) is 0.923. The highest BCUT2D eigenvalue weighted by Crippen LogP contribution is 2.18. The van der Waals surface area contributed by atoms with E-state index in [9.17, 15) is 9.90 Å². The van der Waals surface area contributed by atoms with Gasteiger partial charge in [0.2, 0.25) is 5.91 Å². The van der Waals surface area contributed by atoms with Crippen LogP contribution in [0.1, 0.15) is 20.3 Å². The molecule has 5 heteroatoms. The molecule has 0 spiro atoms. The normalized spacial score (nSPS) is 28.1. The number of rotatable bonds is 3. The Balaban J connectivity index is 1.82. The van der Waals surface area contributed by atoms with Crippen LogP contribution in [0.15, 0.2) is 0 Å². The average molecular weight is 255 g/mol. The summed E-state index contributed by atoms with van der Waals surface area (Å²) in [5.74, 6) is 0.269. The molecule has 0 aromatic carbocycles. The van der Waals surface area contributed by atoms with E-state index in [0.717, 1.165) is 39.1 Å². The van der Waals surface area contributed by atoms with Gasteiger partial charge in [-0.15, -0.1) is 0 Å². The lowest BCUT2D eigenvalue weighted by molar-refractivity contribution is -0.131. The van der Waals surface area contributed by atoms with Crippen molar-refractivity contribution >= 4 is 5.91 Å². The second-order valence-electron chi connectivity index (χ2n) is 6.19. The average Bonchev–Trinajstić information content (AvgIpc) is 2.59. The molecule has 2 aliphatic rings. The van der Waals surface area contributed by atoms with Gasteiger partial charge in [0.1, 0.15) is 0 Å². The van der Waals surface area contributed by atoms with Crippen LogP contribution in [0.2, 0.25) is 0 Å². The Morgan fingerprint density at radius 1 is 1.22 bits per heavy atom. The van der Waals surface area contributed by atoms with E-state index in [2.05, 4.69) is 9.80 Å². The predicted molar refractivity (Wildman–Crippen MR) is 70.4 cm³/mol. The third-order valence-electron chi connectivity index (χ3n) is 3.86. The molecule has 1 unspecified atom stereocenters. The summed E-state index contributed by atoms with van der Waals surface area (Å²) in [5, 5.41) is 9.81. The molecule has 2 rings (SSSR count). The van der Waals surface area contributed by atoms with E-state index in [1.807, 2.05) is 25.8 Å². The second kappa shape index (κ2) is 5.15. The summed E-state index contributed by atoms with van der Waals surface area (Å²) in [6.45, 7) is 9.02. The van der Waals surface area contributed by atoms with E-state index < -0.39 is 5.60 Å². The van der Waals surface area contributed by atoms with Crippen molar-refractivity contribution < 1.29 is 9.90 Å². The molecule has 0 aromatic rings. The minimum Gasteiger partial charge on any atom is -0.389 e. The van der Waals surface area contributed by atoms with Crippen molar-refractivity contribution in [3.05, 3.63) is 0 Å². The van der Waals surface area contributed by atoms with Gasteiger partial charge >= 0.3 is 0 Å². The molecule has 0 aromatic heterocycles. The Morgan fingerprint density at radius 3 is 2.28 bits per heavy atom. The van der Waals surface area contributed by atoms with E-state index in [-0.39, 0.29) is 11.9 Å². The zero-order valence-corrected chi connectivity index (χ0v) is 11.7. The topological polar surface area (TPSA) is 47.0 Å². The van der Waals surface area contributed by atoms with Gasteiger partial charge in [-0.25, -0.2) is 0 Å². The van der Waals surface area contributed by atoms with Crippen molar-refractivity contribution in [3.63, 3.8) is 0 Å². The van der Waals surface area contributed by atoms with E-state index >= 15 is 0 Å². The van der Waals surface area contributed by atoms with E-state index in [1.165, 1.54) is 0 Å². The number of β-amino-alcohol motifs (C(OH)–C–C–N with tert-alkyl or cyclic N) is 1. The molecule has 18 heavy (non-hydrogen) atoms. The number of piperazine rings is 1. The van der Waals surface area contributed by atoms with Gasteiger partial charge in [-0.2, -0.15) is 0 Å². The van der Waals surface area contributed by atoms with E-state index in [4.69, 9.17) is 0 Å². The lowest BCUT2D eigenvalue weighted by atomic mass is 10.1. The molecule has 2 aliphatic heterocycles. The standard InChI is InChI=1S/C13H25N3O2/c1-13(2,18)10-15-6-8-16(9-7-15)11-4-5-14(3)12(11)17/h11,18H,4-10H2,1-3H3. The Bertz CT molecular complexity index is 306. The number of hydrogen-bond acceptors (Lipinski definition) is 4. The molecule has 1 amide bonds. The van der Waals surface area contributed by atoms with Crippen LogP contribution < -0.4 is 0 Å². The fourth-order valence-corrected chi connectivity index (χ4v) is 2.92. The van der Waals surface area contributed by atoms with Gasteiger partial charge in [0.05, 0.1) is 11.6 Å². The number of hydrogen-bond donors (Lipinski definition) is 1. The first-order valence-corrected chi connectivity index (χ1v) is 6.80. The zero-order chi connectivity index (χ0) is 13.3. The van der Waals surface area contributed by atoms with Crippen LogP contribution in [-0.4, -0.2) is 83.7 Å². The second-order valence-corrected chi connectivity index (χ2v) is 6.19. The Kier molecular flexibility index (Phi) is 3.94. The van der Waals surface area contributed by atoms with Crippen LogP contribution in [0.4, 0.5) is 0 Å². The predicted octanol–water partition coefficient (Wildman–Crippen LogP) is -0.394. The van der Waals surface area contributed by atoms with Crippen LogP contribution in [-0.2, 0) is 4.79 Å². The Morgan fingerprint density at radius 2 is 1.83 bits per heavy atom. The third-order valence-corrected chi connectivity index (χ3v) is 3.86. The SMILES string of the molecule is CN1CCC(N2CCN(CC(C)(C)O)CC2)C1=O. The number of likely N-dealkylation sites (tertiary alicyclic amines) is 1. The maximum Gasteiger partial charge on any atom is 0.239 e. The first-order chi connectivity index (χ1) is 8.37. The first kappa shape index (κ1) is 13.8. The lowest BCUT2D eigenvalue weighted by Crippen LogP contribution is -2.54. The summed E-state index contributed by atoms with van der Waals surface area (Å²) in [6.07, 6.45) is 0.959. The highest BCUT2D eigenvalue weighted by atomic mass is 16.3. The summed E-state index contributed by atoms with van der Waals surface area (Å²) in [7, 11) is 1.88. The van der Waals surface area contributed by atoms with Crippen molar-refractivity contribution in [2.75, 3.05) is 46.3 Å². The zero-order valence-electron chi connectivity index (χ0n) is 11.7. The largest absolute Gasteiger partial charge is 0.389 e. The highest BCUT2D eigenvalue weighted by Gasteiger charge is 2.35. The molecular formula is C13H25N3O2. The number of aliphatic hydroxyl groups is 1. The van der Waals surface area contributed by atoms with Gasteiger partial charge in [0.15, 0.2) is 0 Å². The Hall–Kier alpha value is -0.650. The Labute approximate surface area is 109 Å². The molecule has 2 fully saturated rings. The van der Waals surface area contributed by atoms with Gasteiger partial charge in [-0.05, 0) is 20.3 Å². The molecule has 104 valence electrons. The molecule has 0 aliphatic carbocycles. The molecule has 2 heterocycles. The number of carbonyl (C=O) groups excluding carboxylic acids is 1. The van der Waals surface area contributed by atoms with Gasteiger partial charge in [0, 0.05) is 46.3 Å². The van der Waals surface area contributed by atoms with Gasteiger partial charge in [-0.3, -0.25) is 14.6 Å². The van der Waals surface area contributed by atoms with Crippen LogP contribution in [0, 0.1) is 0 Å². The maximum absolute atomic E-state index is 11.9. The minimum absolute atomic E-state index is 0.0966. The van der Waals surface area contributed by atoms with E-state index in [1.54, 1.807) is 0 Å². The van der Waals surface area contributed by atoms with Gasteiger partial charge < -0.3 is 10.0 Å². The number of carbonyl (C=O) groups is 1. The molecular weight excluding hydrogens is 230 g/mol. The monoisotopic (exact) mass is 255 g/mol. The lowest BCUT2D eigenvalue weighted by Gasteiger charge is -2.39. The number of amides is 1. The summed E-state index contributed by atoms with van der Waals surface area (Å²) in [4.78, 5) is 18.3. The smallest absolute Gasteiger partial charge is 0.239 e. The summed E-state index contributed by atoms with van der Waals surface area (Å²) >= 11 is 0. The van der Waals surface area contributed by atoms with Crippen molar-refractivity contribution in [1.29, 1.82) is 0 Å². The van der Waals surface area contributed by atoms with Crippen LogP contribution in [0.25, 0.3) is 0 Å². The third kappa shape index (κ3) is 3.22. The van der Waals surface area contributed by atoms with Crippen LogP contribution in [0.3, 0.4) is 0 Å². The first-order valence-electron chi connectivity index (χ1n) is 6.80. The fourth-order valence-electron chi connectivity index (χ4n) is 2.92. The number of likely N-dealkylation sites (N-methyl/N-ethyl adjacent to an activating group) is 1. The van der Waals surface area contributed by atoms with Gasteiger partial charge in [0.25, 0.3) is 0 Å².